The molecule has 1 aliphatic rings. The maximum Gasteiger partial charge on any atom is 0.306 e. The number of unbranched alkanes of at least 4 members (excludes halogenated alkanes) is 23. The Hall–Kier alpha value is -1.87. The summed E-state index contributed by atoms with van der Waals surface area (Å²) in [5.41, 5.74) is 0. The first kappa shape index (κ1) is 55.1. The van der Waals surface area contributed by atoms with Gasteiger partial charge >= 0.3 is 11.9 Å². The lowest BCUT2D eigenvalue weighted by Crippen LogP contribution is -2.60. The van der Waals surface area contributed by atoms with Crippen molar-refractivity contribution < 1.29 is 56.8 Å². The predicted octanol–water partition coefficient (Wildman–Crippen LogP) is 9.62. The lowest BCUT2D eigenvalue weighted by Gasteiger charge is -2.40. The standard InChI is InChI=1S/C46H84O12S/c1-3-5-7-9-11-13-15-16-17-18-19-20-21-22-23-24-25-27-29-31-33-35-42(48)57-39(36-55-41(47)34-32-30-28-26-14-12-10-8-6-4-2)37-56-46-45(51)44(50)43(49)40(58-46)38-59(52,53)54/h15-16,18-19,39-40,43-46,49-51H,3-14,17,20-38H2,1-2H3,(H,52,53,54)/b16-15-,19-18-. The molecule has 0 amide bonds. The number of esters is 2. The lowest BCUT2D eigenvalue weighted by atomic mass is 10.00. The molecule has 0 spiro atoms. The quantitative estimate of drug-likeness (QED) is 0.0199. The Morgan fingerprint density at radius 3 is 1.49 bits per heavy atom. The molecule has 59 heavy (non-hydrogen) atoms. The van der Waals surface area contributed by atoms with Crippen molar-refractivity contribution in [2.24, 2.45) is 0 Å². The smallest absolute Gasteiger partial charge is 0.306 e. The van der Waals surface area contributed by atoms with Crippen LogP contribution in [0.15, 0.2) is 24.3 Å². The van der Waals surface area contributed by atoms with Gasteiger partial charge in [0.25, 0.3) is 10.1 Å². The molecule has 0 aromatic heterocycles. The van der Waals surface area contributed by atoms with E-state index in [1.54, 1.807) is 0 Å². The Morgan fingerprint density at radius 1 is 0.576 bits per heavy atom. The first-order valence-electron chi connectivity index (χ1n) is 23.4. The third-order valence-electron chi connectivity index (χ3n) is 10.8. The number of allylic oxidation sites excluding steroid dienone is 4. The summed E-state index contributed by atoms with van der Waals surface area (Å²) >= 11 is 0. The molecular weight excluding hydrogens is 777 g/mol. The molecule has 6 atom stereocenters. The summed E-state index contributed by atoms with van der Waals surface area (Å²) in [5.74, 6) is -1.98. The largest absolute Gasteiger partial charge is 0.462 e. The Labute approximate surface area is 358 Å². The predicted molar refractivity (Wildman–Crippen MR) is 233 cm³/mol. The average Bonchev–Trinajstić information content (AvgIpc) is 3.20. The molecule has 0 aliphatic carbocycles. The summed E-state index contributed by atoms with van der Waals surface area (Å²) in [7, 11) is -4.60. The monoisotopic (exact) mass is 861 g/mol. The second-order valence-electron chi connectivity index (χ2n) is 16.4. The molecule has 13 heteroatoms. The molecule has 1 heterocycles. The first-order valence-corrected chi connectivity index (χ1v) is 25.0. The third-order valence-corrected chi connectivity index (χ3v) is 11.5. The highest BCUT2D eigenvalue weighted by molar-refractivity contribution is 7.85. The van der Waals surface area contributed by atoms with Gasteiger partial charge in [-0.2, -0.15) is 8.42 Å². The van der Waals surface area contributed by atoms with E-state index in [1.807, 2.05) is 0 Å². The summed E-state index contributed by atoms with van der Waals surface area (Å²) in [6.07, 6.45) is 30.9. The lowest BCUT2D eigenvalue weighted by molar-refractivity contribution is -0.297. The van der Waals surface area contributed by atoms with Crippen LogP contribution in [0.25, 0.3) is 0 Å². The number of aliphatic hydroxyl groups is 3. The highest BCUT2D eigenvalue weighted by Gasteiger charge is 2.46. The van der Waals surface area contributed by atoms with Gasteiger partial charge in [0.2, 0.25) is 0 Å². The molecule has 0 radical (unpaired) electrons. The van der Waals surface area contributed by atoms with E-state index in [9.17, 15) is 37.9 Å². The molecule has 1 saturated heterocycles. The van der Waals surface area contributed by atoms with Gasteiger partial charge in [0, 0.05) is 12.8 Å². The van der Waals surface area contributed by atoms with Crippen LogP contribution in [0.3, 0.4) is 0 Å². The van der Waals surface area contributed by atoms with Crippen LogP contribution >= 0.6 is 0 Å². The van der Waals surface area contributed by atoms with Gasteiger partial charge in [-0.25, -0.2) is 0 Å². The fraction of sp³-hybridized carbons (Fsp3) is 0.870. The van der Waals surface area contributed by atoms with E-state index in [0.717, 1.165) is 51.4 Å². The number of rotatable bonds is 39. The molecule has 0 aromatic carbocycles. The van der Waals surface area contributed by atoms with Gasteiger partial charge in [0.1, 0.15) is 36.8 Å². The van der Waals surface area contributed by atoms with Gasteiger partial charge in [-0.3, -0.25) is 14.1 Å². The summed E-state index contributed by atoms with van der Waals surface area (Å²) < 4.78 is 54.0. The van der Waals surface area contributed by atoms with Crippen LogP contribution in [0.1, 0.15) is 200 Å². The van der Waals surface area contributed by atoms with E-state index in [-0.39, 0.29) is 19.4 Å². The zero-order chi connectivity index (χ0) is 43.4. The van der Waals surface area contributed by atoms with E-state index in [2.05, 4.69) is 38.2 Å². The van der Waals surface area contributed by atoms with E-state index >= 15 is 0 Å². The topological polar surface area (TPSA) is 186 Å². The van der Waals surface area contributed by atoms with Crippen LogP contribution < -0.4 is 0 Å². The number of aliphatic hydroxyl groups excluding tert-OH is 3. The van der Waals surface area contributed by atoms with Crippen molar-refractivity contribution in [1.82, 2.24) is 0 Å². The molecule has 346 valence electrons. The zero-order valence-electron chi connectivity index (χ0n) is 36.9. The minimum absolute atomic E-state index is 0.162. The summed E-state index contributed by atoms with van der Waals surface area (Å²) in [6.45, 7) is 3.74. The fourth-order valence-corrected chi connectivity index (χ4v) is 7.81. The van der Waals surface area contributed by atoms with Gasteiger partial charge in [-0.1, -0.05) is 167 Å². The molecule has 1 rings (SSSR count). The first-order chi connectivity index (χ1) is 28.5. The zero-order valence-corrected chi connectivity index (χ0v) is 37.7. The van der Waals surface area contributed by atoms with Crippen LogP contribution in [-0.4, -0.2) is 96.0 Å². The molecule has 1 aliphatic heterocycles. The second kappa shape index (κ2) is 36.8. The molecule has 4 N–H and O–H groups in total. The van der Waals surface area contributed by atoms with Crippen molar-refractivity contribution in [2.45, 2.75) is 237 Å². The van der Waals surface area contributed by atoms with Crippen molar-refractivity contribution in [3.63, 3.8) is 0 Å². The Morgan fingerprint density at radius 2 is 1.02 bits per heavy atom. The number of hydrogen-bond acceptors (Lipinski definition) is 11. The summed E-state index contributed by atoms with van der Waals surface area (Å²) in [5, 5.41) is 30.9. The van der Waals surface area contributed by atoms with Gasteiger partial charge in [0.05, 0.1) is 6.61 Å². The highest BCUT2D eigenvalue weighted by atomic mass is 32.2. The average molecular weight is 861 g/mol. The van der Waals surface area contributed by atoms with Crippen LogP contribution in [0.4, 0.5) is 0 Å². The minimum Gasteiger partial charge on any atom is -0.462 e. The van der Waals surface area contributed by atoms with Gasteiger partial charge in [0.15, 0.2) is 12.4 Å². The Bertz CT molecular complexity index is 1190. The van der Waals surface area contributed by atoms with Gasteiger partial charge < -0.3 is 34.3 Å². The molecular formula is C46H84O12S. The maximum absolute atomic E-state index is 12.8. The number of carbonyl (C=O) groups is 2. The Balaban J connectivity index is 2.38. The maximum atomic E-state index is 12.8. The number of hydrogen-bond donors (Lipinski definition) is 4. The van der Waals surface area contributed by atoms with E-state index in [1.165, 1.54) is 109 Å². The van der Waals surface area contributed by atoms with Crippen molar-refractivity contribution >= 4 is 22.1 Å². The molecule has 6 unspecified atom stereocenters. The molecule has 0 saturated carbocycles. The van der Waals surface area contributed by atoms with Gasteiger partial charge in [-0.05, 0) is 44.9 Å². The minimum atomic E-state index is -4.60. The van der Waals surface area contributed by atoms with E-state index in [0.29, 0.717) is 12.8 Å². The SMILES string of the molecule is CCCCCCC/C=C\C/C=C\CCCCCCCCCCCC(=O)OC(COC(=O)CCCCCCCCCCCC)COC1OC(CS(=O)(=O)O)C(O)C(O)C1O. The number of carbonyl (C=O) groups excluding carboxylic acids is 2. The van der Waals surface area contributed by atoms with Crippen molar-refractivity contribution in [3.8, 4) is 0 Å². The molecule has 1 fully saturated rings. The van der Waals surface area contributed by atoms with E-state index < -0.39 is 71.2 Å². The Kier molecular flexibility index (Phi) is 34.4. The second-order valence-corrected chi connectivity index (χ2v) is 17.9. The molecule has 0 aromatic rings. The molecule has 12 nitrogen and oxygen atoms in total. The van der Waals surface area contributed by atoms with Crippen molar-refractivity contribution in [2.75, 3.05) is 19.0 Å². The van der Waals surface area contributed by atoms with E-state index in [4.69, 9.17) is 18.9 Å². The normalized spacial score (nSPS) is 20.4. The number of ether oxygens (including phenoxy) is 4. The van der Waals surface area contributed by atoms with Crippen LogP contribution in [0.2, 0.25) is 0 Å². The van der Waals surface area contributed by atoms with Crippen molar-refractivity contribution in [3.05, 3.63) is 24.3 Å². The van der Waals surface area contributed by atoms with Crippen LogP contribution in [-0.2, 0) is 38.7 Å². The molecule has 0 bridgehead atoms. The third kappa shape index (κ3) is 31.6. The fourth-order valence-electron chi connectivity index (χ4n) is 7.12. The van der Waals surface area contributed by atoms with Crippen LogP contribution in [0, 0.1) is 0 Å². The van der Waals surface area contributed by atoms with Crippen molar-refractivity contribution in [1.29, 1.82) is 0 Å². The van der Waals surface area contributed by atoms with Gasteiger partial charge in [-0.15, -0.1) is 0 Å². The summed E-state index contributed by atoms with van der Waals surface area (Å²) in [4.78, 5) is 25.4. The van der Waals surface area contributed by atoms with Crippen LogP contribution in [0.5, 0.6) is 0 Å². The summed E-state index contributed by atoms with van der Waals surface area (Å²) in [6, 6.07) is 0. The highest BCUT2D eigenvalue weighted by Crippen LogP contribution is 2.24.